The molecule has 0 spiro atoms. The standard InChI is InChI=1S/C15H18N/c1-4-13-9-10-16(3)15(11-13)14-8-6-5-7-12(14)2/h5-11H,4H2,1-3H3/q+1/i1D3,4D2. The Bertz CT molecular complexity index is 661. The lowest BCUT2D eigenvalue weighted by Crippen LogP contribution is -2.30. The average Bonchev–Trinajstić information content (AvgIpc) is 2.38. The number of hydrogen-bond donors (Lipinski definition) is 0. The smallest absolute Gasteiger partial charge is 0.201 e. The minimum Gasteiger partial charge on any atom is -0.201 e. The van der Waals surface area contributed by atoms with Crippen LogP contribution in [0.25, 0.3) is 11.3 Å². The lowest BCUT2D eigenvalue weighted by Gasteiger charge is -2.05. The highest BCUT2D eigenvalue weighted by atomic mass is 14.9. The summed E-state index contributed by atoms with van der Waals surface area (Å²) in [7, 11) is 1.86. The van der Waals surface area contributed by atoms with Crippen LogP contribution in [0.4, 0.5) is 0 Å². The maximum Gasteiger partial charge on any atom is 0.212 e. The molecule has 0 aliphatic rings. The molecule has 1 nitrogen and oxygen atoms in total. The molecule has 1 aromatic carbocycles. The molecule has 0 fully saturated rings. The molecular weight excluding hydrogens is 194 g/mol. The number of benzene rings is 1. The largest absolute Gasteiger partial charge is 0.212 e. The Morgan fingerprint density at radius 1 is 1.31 bits per heavy atom. The SMILES string of the molecule is [2H]C([2H])([2H])C([2H])([2H])c1cc[n+](C)c(-c2ccccc2C)c1. The lowest BCUT2D eigenvalue weighted by atomic mass is 10.0. The van der Waals surface area contributed by atoms with Crippen LogP contribution in [0.3, 0.4) is 0 Å². The van der Waals surface area contributed by atoms with Gasteiger partial charge in [0, 0.05) is 24.5 Å². The Morgan fingerprint density at radius 3 is 2.88 bits per heavy atom. The van der Waals surface area contributed by atoms with E-state index in [0.717, 1.165) is 16.8 Å². The van der Waals surface area contributed by atoms with E-state index in [2.05, 4.69) is 0 Å². The quantitative estimate of drug-likeness (QED) is 0.681. The molecule has 0 saturated heterocycles. The van der Waals surface area contributed by atoms with Crippen LogP contribution in [-0.4, -0.2) is 0 Å². The summed E-state index contributed by atoms with van der Waals surface area (Å²) >= 11 is 0. The van der Waals surface area contributed by atoms with Crippen molar-refractivity contribution >= 4 is 0 Å². The van der Waals surface area contributed by atoms with Gasteiger partial charge in [0.25, 0.3) is 0 Å². The fourth-order valence-electron chi connectivity index (χ4n) is 1.78. The first-order chi connectivity index (χ1) is 9.64. The lowest BCUT2D eigenvalue weighted by molar-refractivity contribution is -0.660. The number of rotatable bonds is 2. The second kappa shape index (κ2) is 4.48. The van der Waals surface area contributed by atoms with Crippen LogP contribution in [0, 0.1) is 6.92 Å². The normalized spacial score (nSPS) is 16.8. The fraction of sp³-hybridized carbons (Fsp3) is 0.267. The van der Waals surface area contributed by atoms with E-state index in [0.29, 0.717) is 0 Å². The zero-order valence-electron chi connectivity index (χ0n) is 14.5. The molecule has 1 heterocycles. The van der Waals surface area contributed by atoms with Crippen molar-refractivity contribution in [2.75, 3.05) is 0 Å². The van der Waals surface area contributed by atoms with Gasteiger partial charge in [-0.15, -0.1) is 0 Å². The zero-order valence-corrected chi connectivity index (χ0v) is 9.49. The van der Waals surface area contributed by atoms with Gasteiger partial charge in [-0.1, -0.05) is 25.1 Å². The first kappa shape index (κ1) is 6.19. The van der Waals surface area contributed by atoms with Crippen LogP contribution in [0.15, 0.2) is 42.6 Å². The third-order valence-corrected chi connectivity index (χ3v) is 2.72. The molecule has 16 heavy (non-hydrogen) atoms. The van der Waals surface area contributed by atoms with E-state index in [1.54, 1.807) is 12.3 Å². The molecule has 0 radical (unpaired) electrons. The molecule has 0 atom stereocenters. The van der Waals surface area contributed by atoms with Crippen LogP contribution < -0.4 is 4.57 Å². The minimum absolute atomic E-state index is 0.166. The Morgan fingerprint density at radius 2 is 2.12 bits per heavy atom. The van der Waals surface area contributed by atoms with Crippen LogP contribution >= 0.6 is 0 Å². The average molecular weight is 217 g/mol. The second-order valence-corrected chi connectivity index (χ2v) is 3.85. The summed E-state index contributed by atoms with van der Waals surface area (Å²) in [6.07, 6.45) is -0.681. The van der Waals surface area contributed by atoms with Crippen molar-refractivity contribution in [3.05, 3.63) is 53.7 Å². The van der Waals surface area contributed by atoms with Gasteiger partial charge < -0.3 is 0 Å². The van der Waals surface area contributed by atoms with Crippen molar-refractivity contribution in [2.45, 2.75) is 20.1 Å². The number of aromatic nitrogens is 1. The van der Waals surface area contributed by atoms with Crippen molar-refractivity contribution in [3.8, 4) is 11.3 Å². The van der Waals surface area contributed by atoms with Crippen molar-refractivity contribution in [2.24, 2.45) is 7.05 Å². The van der Waals surface area contributed by atoms with Crippen molar-refractivity contribution in [3.63, 3.8) is 0 Å². The van der Waals surface area contributed by atoms with Gasteiger partial charge in [0.05, 0.1) is 0 Å². The van der Waals surface area contributed by atoms with Gasteiger partial charge in [-0.25, -0.2) is 4.57 Å². The summed E-state index contributed by atoms with van der Waals surface area (Å²) in [5.41, 5.74) is 2.97. The number of aryl methyl sites for hydroxylation is 3. The topological polar surface area (TPSA) is 3.88 Å². The van der Waals surface area contributed by atoms with Crippen molar-refractivity contribution in [1.82, 2.24) is 0 Å². The van der Waals surface area contributed by atoms with E-state index >= 15 is 0 Å². The van der Waals surface area contributed by atoms with Crippen LogP contribution in [-0.2, 0) is 13.4 Å². The van der Waals surface area contributed by atoms with Crippen LogP contribution in [0.2, 0.25) is 0 Å². The van der Waals surface area contributed by atoms with E-state index in [1.165, 1.54) is 6.07 Å². The molecule has 0 aliphatic heterocycles. The third-order valence-electron chi connectivity index (χ3n) is 2.72. The molecule has 0 N–H and O–H groups in total. The summed E-state index contributed by atoms with van der Waals surface area (Å²) in [5, 5.41) is 0. The van der Waals surface area contributed by atoms with Gasteiger partial charge in [0.15, 0.2) is 6.20 Å². The molecule has 2 aromatic rings. The summed E-state index contributed by atoms with van der Waals surface area (Å²) in [5.74, 6) is 0. The van der Waals surface area contributed by atoms with E-state index in [4.69, 9.17) is 6.85 Å². The monoisotopic (exact) mass is 217 g/mol. The van der Waals surface area contributed by atoms with Gasteiger partial charge in [0.2, 0.25) is 5.69 Å². The first-order valence-corrected chi connectivity index (χ1v) is 5.21. The highest BCUT2D eigenvalue weighted by Crippen LogP contribution is 2.20. The summed E-state index contributed by atoms with van der Waals surface area (Å²) in [4.78, 5) is 0. The Labute approximate surface area is 104 Å². The van der Waals surface area contributed by atoms with E-state index < -0.39 is 13.2 Å². The van der Waals surface area contributed by atoms with Gasteiger partial charge in [-0.05, 0) is 30.5 Å². The highest BCUT2D eigenvalue weighted by Gasteiger charge is 2.11. The molecule has 82 valence electrons. The fourth-order valence-corrected chi connectivity index (χ4v) is 1.78. The number of nitrogens with zero attached hydrogens (tertiary/aromatic N) is 1. The number of pyridine rings is 1. The minimum atomic E-state index is -2.70. The van der Waals surface area contributed by atoms with Crippen molar-refractivity contribution < 1.29 is 11.4 Å². The van der Waals surface area contributed by atoms with Crippen LogP contribution in [0.1, 0.15) is 24.8 Å². The molecular formula is C15H18N+. The van der Waals surface area contributed by atoms with Crippen molar-refractivity contribution in [1.29, 1.82) is 0 Å². The Hall–Kier alpha value is -1.63. The van der Waals surface area contributed by atoms with E-state index in [-0.39, 0.29) is 5.56 Å². The Balaban J connectivity index is 2.61. The summed E-state index contributed by atoms with van der Waals surface area (Å²) < 4.78 is 39.8. The molecule has 1 heteroatoms. The summed E-state index contributed by atoms with van der Waals surface area (Å²) in [6, 6.07) is 10.9. The van der Waals surface area contributed by atoms with Gasteiger partial charge in [-0.3, -0.25) is 0 Å². The van der Waals surface area contributed by atoms with Gasteiger partial charge in [0.1, 0.15) is 7.05 Å². The molecule has 0 amide bonds. The molecule has 0 bridgehead atoms. The van der Waals surface area contributed by atoms with E-state index in [9.17, 15) is 0 Å². The van der Waals surface area contributed by atoms with Crippen LogP contribution in [0.5, 0.6) is 0 Å². The molecule has 0 aliphatic carbocycles. The predicted molar refractivity (Wildman–Crippen MR) is 67.2 cm³/mol. The molecule has 0 saturated carbocycles. The number of hydrogen-bond acceptors (Lipinski definition) is 0. The molecule has 0 unspecified atom stereocenters. The maximum atomic E-state index is 7.90. The van der Waals surface area contributed by atoms with Gasteiger partial charge in [-0.2, -0.15) is 0 Å². The van der Waals surface area contributed by atoms with Gasteiger partial charge >= 0.3 is 0 Å². The second-order valence-electron chi connectivity index (χ2n) is 3.85. The summed E-state index contributed by atoms with van der Waals surface area (Å²) in [6.45, 7) is -0.726. The molecule has 1 aromatic heterocycles. The zero-order chi connectivity index (χ0) is 15.8. The third kappa shape index (κ3) is 1.99. The molecule has 2 rings (SSSR count). The van der Waals surface area contributed by atoms with E-state index in [1.807, 2.05) is 42.8 Å². The Kier molecular flexibility index (Phi) is 1.73. The first-order valence-electron chi connectivity index (χ1n) is 7.71. The maximum absolute atomic E-state index is 7.90. The predicted octanol–water partition coefficient (Wildman–Crippen LogP) is 3.05. The highest BCUT2D eigenvalue weighted by molar-refractivity contribution is 5.61.